The van der Waals surface area contributed by atoms with Gasteiger partial charge in [0.1, 0.15) is 12.6 Å². The molecule has 1 aliphatic carbocycles. The van der Waals surface area contributed by atoms with Crippen molar-refractivity contribution in [2.45, 2.75) is 62.6 Å². The Kier molecular flexibility index (Phi) is 11.5. The van der Waals surface area contributed by atoms with Crippen molar-refractivity contribution in [2.75, 3.05) is 10.8 Å². The number of anilines is 1. The van der Waals surface area contributed by atoms with Gasteiger partial charge >= 0.3 is 0 Å². The van der Waals surface area contributed by atoms with Crippen molar-refractivity contribution in [3.8, 4) is 0 Å². The highest BCUT2D eigenvalue weighted by Gasteiger charge is 2.36. The van der Waals surface area contributed by atoms with Gasteiger partial charge < -0.3 is 10.2 Å². The summed E-state index contributed by atoms with van der Waals surface area (Å²) in [5.41, 5.74) is 2.25. The van der Waals surface area contributed by atoms with Crippen LogP contribution >= 0.6 is 34.8 Å². The second-order valence-corrected chi connectivity index (χ2v) is 14.8. The highest BCUT2D eigenvalue weighted by atomic mass is 35.5. The predicted octanol–water partition coefficient (Wildman–Crippen LogP) is 7.85. The van der Waals surface area contributed by atoms with Crippen LogP contribution in [0.25, 0.3) is 0 Å². The first-order valence-corrected chi connectivity index (χ1v) is 18.0. The van der Waals surface area contributed by atoms with E-state index in [1.54, 1.807) is 55.5 Å². The Hall–Kier alpha value is -3.56. The number of nitrogens with zero attached hydrogens (tertiary/aromatic N) is 2. The van der Waals surface area contributed by atoms with Crippen molar-refractivity contribution in [1.82, 2.24) is 10.2 Å². The summed E-state index contributed by atoms with van der Waals surface area (Å²) in [6.45, 7) is 1.07. The molecule has 0 heterocycles. The number of sulfonamides is 1. The lowest BCUT2D eigenvalue weighted by Crippen LogP contribution is -2.54. The van der Waals surface area contributed by atoms with Gasteiger partial charge in [-0.2, -0.15) is 0 Å². The Morgan fingerprint density at radius 3 is 2.06 bits per heavy atom. The molecule has 246 valence electrons. The summed E-state index contributed by atoms with van der Waals surface area (Å²) in [5, 5.41) is 4.15. The number of benzene rings is 4. The SMILES string of the molecule is Cc1ccc(N(CC(=O)N(Cc2c(Cl)cccc2Cl)[C@@H](Cc2ccccc2)C(=O)NC2CCCC2)S(=O)(=O)c2ccccc2)cc1Cl. The first kappa shape index (κ1) is 34.8. The molecule has 4 aromatic rings. The van der Waals surface area contributed by atoms with Crippen LogP contribution in [0.1, 0.15) is 42.4 Å². The van der Waals surface area contributed by atoms with E-state index in [1.165, 1.54) is 23.1 Å². The summed E-state index contributed by atoms with van der Waals surface area (Å²) in [7, 11) is -4.25. The highest BCUT2D eigenvalue weighted by Crippen LogP contribution is 2.31. The Balaban J connectivity index is 1.60. The van der Waals surface area contributed by atoms with Crippen LogP contribution in [0.2, 0.25) is 15.1 Å². The number of hydrogen-bond acceptors (Lipinski definition) is 4. The van der Waals surface area contributed by atoms with Crippen LogP contribution in [0.4, 0.5) is 5.69 Å². The molecule has 1 saturated carbocycles. The molecule has 1 fully saturated rings. The van der Waals surface area contributed by atoms with E-state index >= 15 is 0 Å². The van der Waals surface area contributed by atoms with Gasteiger partial charge in [0, 0.05) is 39.6 Å². The first-order valence-electron chi connectivity index (χ1n) is 15.4. The van der Waals surface area contributed by atoms with E-state index in [4.69, 9.17) is 34.8 Å². The van der Waals surface area contributed by atoms with Crippen molar-refractivity contribution in [3.63, 3.8) is 0 Å². The third kappa shape index (κ3) is 8.49. The molecular weight excluding hydrogens is 677 g/mol. The average Bonchev–Trinajstić information content (AvgIpc) is 3.58. The number of aryl methyl sites for hydroxylation is 1. The molecule has 0 bridgehead atoms. The highest BCUT2D eigenvalue weighted by molar-refractivity contribution is 7.92. The molecule has 0 radical (unpaired) electrons. The van der Waals surface area contributed by atoms with E-state index < -0.39 is 28.5 Å². The Bertz CT molecular complexity index is 1800. The summed E-state index contributed by atoms with van der Waals surface area (Å²) in [5.74, 6) is -0.937. The third-order valence-corrected chi connectivity index (χ3v) is 11.3. The molecule has 1 N–H and O–H groups in total. The van der Waals surface area contributed by atoms with E-state index in [0.717, 1.165) is 41.1 Å². The Labute approximate surface area is 291 Å². The number of rotatable bonds is 12. The van der Waals surface area contributed by atoms with E-state index in [9.17, 15) is 18.0 Å². The number of carbonyl (C=O) groups is 2. The number of nitrogens with one attached hydrogen (secondary N) is 1. The summed E-state index contributed by atoms with van der Waals surface area (Å²) in [6, 6.07) is 26.1. The molecule has 0 saturated heterocycles. The minimum atomic E-state index is -4.25. The van der Waals surface area contributed by atoms with Crippen LogP contribution in [0.3, 0.4) is 0 Å². The quantitative estimate of drug-likeness (QED) is 0.162. The smallest absolute Gasteiger partial charge is 0.264 e. The van der Waals surface area contributed by atoms with Gasteiger partial charge in [0.05, 0.1) is 10.6 Å². The molecule has 11 heteroatoms. The molecule has 47 heavy (non-hydrogen) atoms. The lowest BCUT2D eigenvalue weighted by molar-refractivity contribution is -0.140. The van der Waals surface area contributed by atoms with Crippen LogP contribution in [-0.4, -0.2) is 43.8 Å². The van der Waals surface area contributed by atoms with E-state index in [1.807, 2.05) is 30.3 Å². The van der Waals surface area contributed by atoms with E-state index in [-0.39, 0.29) is 35.5 Å². The first-order chi connectivity index (χ1) is 22.5. The average molecular weight is 713 g/mol. The Morgan fingerprint density at radius 2 is 1.45 bits per heavy atom. The van der Waals surface area contributed by atoms with E-state index in [2.05, 4.69) is 5.32 Å². The number of hydrogen-bond donors (Lipinski definition) is 1. The second-order valence-electron chi connectivity index (χ2n) is 11.7. The molecule has 1 atom stereocenters. The summed E-state index contributed by atoms with van der Waals surface area (Å²) in [6.07, 6.45) is 3.92. The fourth-order valence-electron chi connectivity index (χ4n) is 5.76. The lowest BCUT2D eigenvalue weighted by Gasteiger charge is -2.34. The molecule has 0 spiro atoms. The maximum absolute atomic E-state index is 14.7. The van der Waals surface area contributed by atoms with Gasteiger partial charge in [-0.25, -0.2) is 8.42 Å². The molecule has 2 amide bonds. The van der Waals surface area contributed by atoms with Crippen molar-refractivity contribution >= 4 is 62.3 Å². The monoisotopic (exact) mass is 711 g/mol. The molecule has 0 unspecified atom stereocenters. The number of halogens is 3. The zero-order valence-corrected chi connectivity index (χ0v) is 29.0. The fourth-order valence-corrected chi connectivity index (χ4v) is 7.88. The van der Waals surface area contributed by atoms with E-state index in [0.29, 0.717) is 20.6 Å². The van der Waals surface area contributed by atoms with Gasteiger partial charge in [-0.1, -0.05) is 108 Å². The van der Waals surface area contributed by atoms with Crippen molar-refractivity contribution in [3.05, 3.63) is 129 Å². The number of amides is 2. The van der Waals surface area contributed by atoms with Gasteiger partial charge in [-0.3, -0.25) is 13.9 Å². The van der Waals surface area contributed by atoms with Gasteiger partial charge in [0.25, 0.3) is 10.0 Å². The van der Waals surface area contributed by atoms with Crippen molar-refractivity contribution in [2.24, 2.45) is 0 Å². The molecule has 7 nitrogen and oxygen atoms in total. The minimum absolute atomic E-state index is 0.00464. The second kappa shape index (κ2) is 15.6. The zero-order chi connectivity index (χ0) is 33.6. The summed E-state index contributed by atoms with van der Waals surface area (Å²) in [4.78, 5) is 30.2. The van der Waals surface area contributed by atoms with Crippen molar-refractivity contribution in [1.29, 1.82) is 0 Å². The molecule has 0 aliphatic heterocycles. The summed E-state index contributed by atoms with van der Waals surface area (Å²) < 4.78 is 29.4. The van der Waals surface area contributed by atoms with Gasteiger partial charge in [0.15, 0.2) is 0 Å². The van der Waals surface area contributed by atoms with Crippen LogP contribution in [0.15, 0.2) is 102 Å². The molecule has 1 aliphatic rings. The molecule has 0 aromatic heterocycles. The van der Waals surface area contributed by atoms with Crippen molar-refractivity contribution < 1.29 is 18.0 Å². The van der Waals surface area contributed by atoms with Gasteiger partial charge in [-0.15, -0.1) is 0 Å². The van der Waals surface area contributed by atoms with Gasteiger partial charge in [0.2, 0.25) is 11.8 Å². The normalized spacial score (nSPS) is 14.0. The molecule has 5 rings (SSSR count). The minimum Gasteiger partial charge on any atom is -0.352 e. The van der Waals surface area contributed by atoms with Crippen LogP contribution in [0.5, 0.6) is 0 Å². The lowest BCUT2D eigenvalue weighted by atomic mass is 10.0. The van der Waals surface area contributed by atoms with Crippen LogP contribution in [0, 0.1) is 6.92 Å². The Morgan fingerprint density at radius 1 is 0.830 bits per heavy atom. The fraction of sp³-hybridized carbons (Fsp3) is 0.278. The third-order valence-electron chi connectivity index (χ3n) is 8.42. The van der Waals surface area contributed by atoms with Gasteiger partial charge in [-0.05, 0) is 67.3 Å². The zero-order valence-electron chi connectivity index (χ0n) is 25.9. The topological polar surface area (TPSA) is 86.8 Å². The molecular formula is C36H36Cl3N3O4S. The maximum Gasteiger partial charge on any atom is 0.264 e. The predicted molar refractivity (Wildman–Crippen MR) is 189 cm³/mol. The largest absolute Gasteiger partial charge is 0.352 e. The van der Waals surface area contributed by atoms with Crippen LogP contribution < -0.4 is 9.62 Å². The standard InChI is InChI=1S/C36H36Cl3N3O4S/c1-25-19-20-28(22-33(25)39)42(47(45,46)29-15-6-3-7-16-29)24-35(43)41(23-30-31(37)17-10-18-32(30)38)34(21-26-11-4-2-5-12-26)36(44)40-27-13-8-9-14-27/h2-7,10-12,15-20,22,27,34H,8-9,13-14,21,23-24H2,1H3,(H,40,44)/t34-/m0/s1. The summed E-state index contributed by atoms with van der Waals surface area (Å²) >= 11 is 19.7. The molecule has 4 aromatic carbocycles. The maximum atomic E-state index is 14.7. The van der Waals surface area contributed by atoms with Crippen LogP contribution in [-0.2, 0) is 32.6 Å². The number of carbonyl (C=O) groups excluding carboxylic acids is 2.